The molecule has 1 amide bonds. The predicted octanol–water partition coefficient (Wildman–Crippen LogP) is 3.22. The Kier molecular flexibility index (Phi) is 5.87. The first-order valence-electron chi connectivity index (χ1n) is 10.9. The van der Waals surface area contributed by atoms with Crippen molar-refractivity contribution in [3.05, 3.63) is 53.9 Å². The standard InChI is InChI=1S/C23H24ClN7O2/c1-2-33-19-14-16(5-6-18(19)24)29-10-12-30(13-11-29)20(32)15-31-23-17(4-3-7-27-23)21(28-31)22-25-8-9-26-22/h3-9,14H,2,10-13,15H2,1H3,(H,25,26). The number of aromatic nitrogens is 5. The number of carbonyl (C=O) groups is 1. The molecule has 1 aliphatic rings. The van der Waals surface area contributed by atoms with Gasteiger partial charge in [-0.1, -0.05) is 11.6 Å². The predicted molar refractivity (Wildman–Crippen MR) is 127 cm³/mol. The summed E-state index contributed by atoms with van der Waals surface area (Å²) >= 11 is 6.22. The third kappa shape index (κ3) is 4.23. The molecular weight excluding hydrogens is 442 g/mol. The van der Waals surface area contributed by atoms with Gasteiger partial charge in [-0.3, -0.25) is 4.79 Å². The number of carbonyl (C=O) groups excluding carboxylic acids is 1. The molecule has 0 saturated carbocycles. The summed E-state index contributed by atoms with van der Waals surface area (Å²) in [6.07, 6.45) is 5.14. The van der Waals surface area contributed by atoms with E-state index in [1.165, 1.54) is 0 Å². The van der Waals surface area contributed by atoms with E-state index in [2.05, 4.69) is 25.0 Å². The summed E-state index contributed by atoms with van der Waals surface area (Å²) in [5.41, 5.74) is 2.40. The van der Waals surface area contributed by atoms with Crippen LogP contribution in [0.5, 0.6) is 5.75 Å². The molecule has 0 bridgehead atoms. The largest absolute Gasteiger partial charge is 0.492 e. The monoisotopic (exact) mass is 465 g/mol. The van der Waals surface area contributed by atoms with Crippen LogP contribution in [0, 0.1) is 0 Å². The molecule has 3 aromatic heterocycles. The molecular formula is C23H24ClN7O2. The number of ether oxygens (including phenoxy) is 1. The topological polar surface area (TPSA) is 92.2 Å². The van der Waals surface area contributed by atoms with E-state index < -0.39 is 0 Å². The number of benzene rings is 1. The molecule has 10 heteroatoms. The van der Waals surface area contributed by atoms with Crippen molar-refractivity contribution in [2.75, 3.05) is 37.7 Å². The lowest BCUT2D eigenvalue weighted by Gasteiger charge is -2.36. The van der Waals surface area contributed by atoms with Gasteiger partial charge in [-0.25, -0.2) is 14.6 Å². The summed E-state index contributed by atoms with van der Waals surface area (Å²) in [7, 11) is 0. The maximum atomic E-state index is 13.1. The number of H-pyrrole nitrogens is 1. The van der Waals surface area contributed by atoms with Crippen molar-refractivity contribution in [3.63, 3.8) is 0 Å². The van der Waals surface area contributed by atoms with E-state index in [0.29, 0.717) is 47.6 Å². The molecule has 0 atom stereocenters. The zero-order valence-electron chi connectivity index (χ0n) is 18.2. The second-order valence-electron chi connectivity index (χ2n) is 7.73. The van der Waals surface area contributed by atoms with E-state index in [1.807, 2.05) is 42.2 Å². The van der Waals surface area contributed by atoms with E-state index in [1.54, 1.807) is 23.3 Å². The second kappa shape index (κ2) is 9.11. The lowest BCUT2D eigenvalue weighted by molar-refractivity contribution is -0.132. The van der Waals surface area contributed by atoms with Gasteiger partial charge in [0.25, 0.3) is 0 Å². The number of pyridine rings is 1. The molecule has 0 unspecified atom stereocenters. The van der Waals surface area contributed by atoms with Crippen LogP contribution in [0.2, 0.25) is 5.02 Å². The lowest BCUT2D eigenvalue weighted by atomic mass is 10.2. The minimum Gasteiger partial charge on any atom is -0.492 e. The van der Waals surface area contributed by atoms with Crippen LogP contribution in [0.4, 0.5) is 5.69 Å². The molecule has 9 nitrogen and oxygen atoms in total. The average Bonchev–Trinajstić information content (AvgIpc) is 3.49. The maximum absolute atomic E-state index is 13.1. The van der Waals surface area contributed by atoms with Crippen LogP contribution in [0.25, 0.3) is 22.6 Å². The number of amides is 1. The van der Waals surface area contributed by atoms with E-state index >= 15 is 0 Å². The Morgan fingerprint density at radius 3 is 2.76 bits per heavy atom. The van der Waals surface area contributed by atoms with Crippen LogP contribution >= 0.6 is 11.6 Å². The highest BCUT2D eigenvalue weighted by Gasteiger charge is 2.24. The lowest BCUT2D eigenvalue weighted by Crippen LogP contribution is -2.49. The fraction of sp³-hybridized carbons (Fsp3) is 0.304. The molecule has 0 aliphatic carbocycles. The maximum Gasteiger partial charge on any atom is 0.244 e. The number of aromatic amines is 1. The normalized spacial score (nSPS) is 14.1. The summed E-state index contributed by atoms with van der Waals surface area (Å²) in [5.74, 6) is 1.35. The summed E-state index contributed by atoms with van der Waals surface area (Å²) in [6, 6.07) is 9.60. The number of nitrogens with one attached hydrogen (secondary N) is 1. The molecule has 1 saturated heterocycles. The summed E-state index contributed by atoms with van der Waals surface area (Å²) in [6.45, 7) is 5.34. The molecule has 1 aliphatic heterocycles. The van der Waals surface area contributed by atoms with Crippen LogP contribution in [0.1, 0.15) is 6.92 Å². The molecule has 1 N–H and O–H groups in total. The van der Waals surface area contributed by atoms with E-state index in [-0.39, 0.29) is 12.5 Å². The highest BCUT2D eigenvalue weighted by Crippen LogP contribution is 2.30. The minimum absolute atomic E-state index is 0.0156. The number of hydrogen-bond acceptors (Lipinski definition) is 6. The highest BCUT2D eigenvalue weighted by molar-refractivity contribution is 6.32. The number of nitrogens with zero attached hydrogens (tertiary/aromatic N) is 6. The van der Waals surface area contributed by atoms with Crippen LogP contribution < -0.4 is 9.64 Å². The van der Waals surface area contributed by atoms with Gasteiger partial charge in [0.05, 0.1) is 17.0 Å². The Labute approximate surface area is 195 Å². The Hall–Kier alpha value is -3.59. The van der Waals surface area contributed by atoms with Gasteiger partial charge in [0.1, 0.15) is 18.0 Å². The summed E-state index contributed by atoms with van der Waals surface area (Å²) in [4.78, 5) is 29.0. The van der Waals surface area contributed by atoms with Crippen molar-refractivity contribution in [3.8, 4) is 17.3 Å². The number of fused-ring (bicyclic) bond motifs is 1. The van der Waals surface area contributed by atoms with Crippen LogP contribution in [0.15, 0.2) is 48.9 Å². The van der Waals surface area contributed by atoms with Crippen molar-refractivity contribution in [1.29, 1.82) is 0 Å². The van der Waals surface area contributed by atoms with Crippen molar-refractivity contribution in [2.24, 2.45) is 0 Å². The Morgan fingerprint density at radius 2 is 2.00 bits per heavy atom. The number of piperazine rings is 1. The molecule has 1 aromatic carbocycles. The van der Waals surface area contributed by atoms with Crippen LogP contribution in [-0.2, 0) is 11.3 Å². The third-order valence-electron chi connectivity index (χ3n) is 5.73. The Morgan fingerprint density at radius 1 is 1.15 bits per heavy atom. The quantitative estimate of drug-likeness (QED) is 0.470. The summed E-state index contributed by atoms with van der Waals surface area (Å²) < 4.78 is 7.27. The zero-order valence-corrected chi connectivity index (χ0v) is 19.0. The average molecular weight is 466 g/mol. The van der Waals surface area contributed by atoms with E-state index in [4.69, 9.17) is 16.3 Å². The number of hydrogen-bond donors (Lipinski definition) is 1. The smallest absolute Gasteiger partial charge is 0.244 e. The fourth-order valence-electron chi connectivity index (χ4n) is 4.09. The van der Waals surface area contributed by atoms with Crippen molar-refractivity contribution in [2.45, 2.75) is 13.5 Å². The summed E-state index contributed by atoms with van der Waals surface area (Å²) in [5, 5.41) is 6.10. The van der Waals surface area contributed by atoms with Gasteiger partial charge < -0.3 is 19.5 Å². The Bertz CT molecular complexity index is 1260. The highest BCUT2D eigenvalue weighted by atomic mass is 35.5. The van der Waals surface area contributed by atoms with Crippen molar-refractivity contribution in [1.82, 2.24) is 29.6 Å². The van der Waals surface area contributed by atoms with E-state index in [9.17, 15) is 4.79 Å². The first kappa shape index (κ1) is 21.3. The number of halogens is 1. The fourth-order valence-corrected chi connectivity index (χ4v) is 4.26. The van der Waals surface area contributed by atoms with Gasteiger partial charge in [-0.15, -0.1) is 0 Å². The number of rotatable bonds is 6. The zero-order chi connectivity index (χ0) is 22.8. The Balaban J connectivity index is 1.28. The van der Waals surface area contributed by atoms with Gasteiger partial charge in [-0.2, -0.15) is 5.10 Å². The van der Waals surface area contributed by atoms with E-state index in [0.717, 1.165) is 24.2 Å². The molecule has 1 fully saturated rings. The molecule has 0 radical (unpaired) electrons. The van der Waals surface area contributed by atoms with Gasteiger partial charge in [0.2, 0.25) is 5.91 Å². The van der Waals surface area contributed by atoms with Crippen LogP contribution in [-0.4, -0.2) is 68.3 Å². The SMILES string of the molecule is CCOc1cc(N2CCN(C(=O)Cn3nc(-c4ncc[nH]4)c4cccnc43)CC2)ccc1Cl. The van der Waals surface area contributed by atoms with Gasteiger partial charge in [0.15, 0.2) is 11.5 Å². The molecule has 0 spiro atoms. The van der Waals surface area contributed by atoms with Gasteiger partial charge >= 0.3 is 0 Å². The van der Waals surface area contributed by atoms with Gasteiger partial charge in [0, 0.05) is 56.5 Å². The second-order valence-corrected chi connectivity index (χ2v) is 8.14. The molecule has 4 aromatic rings. The first-order chi connectivity index (χ1) is 16.1. The number of imidazole rings is 1. The van der Waals surface area contributed by atoms with Gasteiger partial charge in [-0.05, 0) is 31.2 Å². The molecule has 33 heavy (non-hydrogen) atoms. The van der Waals surface area contributed by atoms with Crippen molar-refractivity contribution >= 4 is 34.2 Å². The molecule has 5 rings (SSSR count). The third-order valence-corrected chi connectivity index (χ3v) is 6.04. The number of anilines is 1. The minimum atomic E-state index is 0.0156. The van der Waals surface area contributed by atoms with Crippen LogP contribution in [0.3, 0.4) is 0 Å². The molecule has 4 heterocycles. The molecule has 170 valence electrons. The first-order valence-corrected chi connectivity index (χ1v) is 11.3. The van der Waals surface area contributed by atoms with Crippen molar-refractivity contribution < 1.29 is 9.53 Å².